The highest BCUT2D eigenvalue weighted by Crippen LogP contribution is 2.26. The van der Waals surface area contributed by atoms with E-state index in [0.29, 0.717) is 5.92 Å². The van der Waals surface area contributed by atoms with Crippen LogP contribution in [-0.4, -0.2) is 19.0 Å². The highest BCUT2D eigenvalue weighted by Gasteiger charge is 2.33. The molecule has 0 N–H and O–H groups in total. The van der Waals surface area contributed by atoms with Crippen LogP contribution in [0.3, 0.4) is 0 Å². The number of hydrogen-bond acceptors (Lipinski definition) is 2. The van der Waals surface area contributed by atoms with E-state index in [1.807, 2.05) is 20.8 Å². The molecular weight excluding hydrogens is 140 g/mol. The average Bonchev–Trinajstić information content (AvgIpc) is 2.42. The summed E-state index contributed by atoms with van der Waals surface area (Å²) in [4.78, 5) is 0. The van der Waals surface area contributed by atoms with Gasteiger partial charge in [-0.1, -0.05) is 27.7 Å². The molecule has 0 aromatic heterocycles. The molecule has 11 heavy (non-hydrogen) atoms. The predicted octanol–water partition coefficient (Wildman–Crippen LogP) is 2.43. The Balaban J connectivity index is 0.000000461. The molecule has 0 atom stereocenters. The first-order valence-corrected chi connectivity index (χ1v) is 4.43. The minimum atomic E-state index is -0.306. The van der Waals surface area contributed by atoms with E-state index in [1.165, 1.54) is 0 Å². The van der Waals surface area contributed by atoms with Crippen LogP contribution in [-0.2, 0) is 9.47 Å². The van der Waals surface area contributed by atoms with Gasteiger partial charge in [0.2, 0.25) is 0 Å². The Morgan fingerprint density at radius 1 is 1.09 bits per heavy atom. The van der Waals surface area contributed by atoms with Crippen molar-refractivity contribution in [3.8, 4) is 0 Å². The lowest BCUT2D eigenvalue weighted by Gasteiger charge is -2.26. The Morgan fingerprint density at radius 2 is 1.45 bits per heavy atom. The predicted molar refractivity (Wildman–Crippen MR) is 46.5 cm³/mol. The van der Waals surface area contributed by atoms with Crippen LogP contribution in [0.4, 0.5) is 0 Å². The van der Waals surface area contributed by atoms with Crippen LogP contribution >= 0.6 is 0 Å². The third-order valence-electron chi connectivity index (χ3n) is 1.91. The summed E-state index contributed by atoms with van der Waals surface area (Å²) in [6.07, 6.45) is 0. The quantitative estimate of drug-likeness (QED) is 0.586. The van der Waals surface area contributed by atoms with Gasteiger partial charge in [-0.3, -0.25) is 0 Å². The minimum absolute atomic E-state index is 0.306. The van der Waals surface area contributed by atoms with Crippen molar-refractivity contribution in [1.29, 1.82) is 0 Å². The zero-order valence-corrected chi connectivity index (χ0v) is 8.31. The third kappa shape index (κ3) is 2.80. The molecule has 1 fully saturated rings. The van der Waals surface area contributed by atoms with Crippen molar-refractivity contribution in [2.24, 2.45) is 5.92 Å². The Labute approximate surface area is 69.9 Å². The molecule has 2 nitrogen and oxygen atoms in total. The van der Waals surface area contributed by atoms with E-state index in [0.717, 1.165) is 13.2 Å². The summed E-state index contributed by atoms with van der Waals surface area (Å²) >= 11 is 0. The van der Waals surface area contributed by atoms with Crippen molar-refractivity contribution in [3.05, 3.63) is 0 Å². The van der Waals surface area contributed by atoms with E-state index in [-0.39, 0.29) is 5.79 Å². The number of hydrogen-bond donors (Lipinski definition) is 0. The molecule has 1 aliphatic heterocycles. The Bertz CT molecular complexity index is 93.7. The van der Waals surface area contributed by atoms with Gasteiger partial charge in [-0.25, -0.2) is 0 Å². The summed E-state index contributed by atoms with van der Waals surface area (Å²) in [5, 5.41) is 0. The topological polar surface area (TPSA) is 18.5 Å². The number of ether oxygens (including phenoxy) is 2. The molecule has 68 valence electrons. The van der Waals surface area contributed by atoms with Crippen molar-refractivity contribution >= 4 is 0 Å². The lowest BCUT2D eigenvalue weighted by Crippen LogP contribution is -2.31. The molecule has 0 bridgehead atoms. The second kappa shape index (κ2) is 4.73. The van der Waals surface area contributed by atoms with Gasteiger partial charge in [-0.05, 0) is 6.92 Å². The van der Waals surface area contributed by atoms with Gasteiger partial charge in [-0.15, -0.1) is 0 Å². The Hall–Kier alpha value is -0.0800. The maximum atomic E-state index is 5.38. The smallest absolute Gasteiger partial charge is 0.167 e. The maximum Gasteiger partial charge on any atom is 0.167 e. The van der Waals surface area contributed by atoms with E-state index >= 15 is 0 Å². The van der Waals surface area contributed by atoms with Gasteiger partial charge < -0.3 is 9.47 Å². The molecule has 0 amide bonds. The molecule has 0 aromatic rings. The van der Waals surface area contributed by atoms with Gasteiger partial charge in [0.15, 0.2) is 5.79 Å². The molecule has 2 heteroatoms. The molecule has 0 unspecified atom stereocenters. The molecule has 0 aromatic carbocycles. The fourth-order valence-corrected chi connectivity index (χ4v) is 0.864. The second-order valence-electron chi connectivity index (χ2n) is 2.87. The zero-order chi connectivity index (χ0) is 8.91. The van der Waals surface area contributed by atoms with Crippen LogP contribution in [0.25, 0.3) is 0 Å². The SMILES string of the molecule is CC.CC(C)C1(C)OCCO1. The molecule has 1 heterocycles. The molecule has 0 aliphatic carbocycles. The summed E-state index contributed by atoms with van der Waals surface area (Å²) in [6.45, 7) is 11.7. The summed E-state index contributed by atoms with van der Waals surface area (Å²) in [6, 6.07) is 0. The molecule has 1 saturated heterocycles. The third-order valence-corrected chi connectivity index (χ3v) is 1.91. The van der Waals surface area contributed by atoms with Crippen molar-refractivity contribution in [3.63, 3.8) is 0 Å². The molecule has 0 saturated carbocycles. The molecule has 0 radical (unpaired) electrons. The standard InChI is InChI=1S/C7H14O2.C2H6/c1-6(2)7(3)8-4-5-9-7;1-2/h6H,4-5H2,1-3H3;1-2H3. The van der Waals surface area contributed by atoms with Gasteiger partial charge in [0.05, 0.1) is 13.2 Å². The van der Waals surface area contributed by atoms with Gasteiger partial charge in [0.25, 0.3) is 0 Å². The zero-order valence-electron chi connectivity index (χ0n) is 8.31. The number of rotatable bonds is 1. The van der Waals surface area contributed by atoms with Crippen molar-refractivity contribution < 1.29 is 9.47 Å². The molecule has 0 spiro atoms. The monoisotopic (exact) mass is 160 g/mol. The first-order valence-electron chi connectivity index (χ1n) is 4.43. The van der Waals surface area contributed by atoms with Crippen LogP contribution in [0, 0.1) is 5.92 Å². The summed E-state index contributed by atoms with van der Waals surface area (Å²) in [7, 11) is 0. The van der Waals surface area contributed by atoms with Crippen molar-refractivity contribution in [2.45, 2.75) is 40.4 Å². The van der Waals surface area contributed by atoms with Crippen LogP contribution in [0.2, 0.25) is 0 Å². The lowest BCUT2D eigenvalue weighted by molar-refractivity contribution is -0.172. The summed E-state index contributed by atoms with van der Waals surface area (Å²) in [5.41, 5.74) is 0. The van der Waals surface area contributed by atoms with E-state index in [2.05, 4.69) is 13.8 Å². The van der Waals surface area contributed by atoms with Crippen LogP contribution in [0.15, 0.2) is 0 Å². The Kier molecular flexibility index (Phi) is 4.69. The van der Waals surface area contributed by atoms with Gasteiger partial charge in [0.1, 0.15) is 0 Å². The lowest BCUT2D eigenvalue weighted by atomic mass is 10.1. The molecule has 1 aliphatic rings. The largest absolute Gasteiger partial charge is 0.348 e. The first kappa shape index (κ1) is 10.9. The van der Waals surface area contributed by atoms with E-state index < -0.39 is 0 Å². The maximum absolute atomic E-state index is 5.38. The normalized spacial score (nSPS) is 21.3. The van der Waals surface area contributed by atoms with Crippen molar-refractivity contribution in [1.82, 2.24) is 0 Å². The fraction of sp³-hybridized carbons (Fsp3) is 1.00. The van der Waals surface area contributed by atoms with Gasteiger partial charge >= 0.3 is 0 Å². The van der Waals surface area contributed by atoms with Crippen LogP contribution in [0.5, 0.6) is 0 Å². The van der Waals surface area contributed by atoms with Crippen LogP contribution < -0.4 is 0 Å². The average molecular weight is 160 g/mol. The van der Waals surface area contributed by atoms with Gasteiger partial charge in [-0.2, -0.15) is 0 Å². The first-order chi connectivity index (χ1) is 5.15. The van der Waals surface area contributed by atoms with Crippen molar-refractivity contribution in [2.75, 3.05) is 13.2 Å². The Morgan fingerprint density at radius 3 is 1.64 bits per heavy atom. The summed E-state index contributed by atoms with van der Waals surface area (Å²) < 4.78 is 10.8. The van der Waals surface area contributed by atoms with Gasteiger partial charge in [0, 0.05) is 5.92 Å². The highest BCUT2D eigenvalue weighted by atomic mass is 16.7. The summed E-state index contributed by atoms with van der Waals surface area (Å²) in [5.74, 6) is 0.139. The fourth-order valence-electron chi connectivity index (χ4n) is 0.864. The molecular formula is C9H20O2. The van der Waals surface area contributed by atoms with E-state index in [1.54, 1.807) is 0 Å². The van der Waals surface area contributed by atoms with Crippen LogP contribution in [0.1, 0.15) is 34.6 Å². The van der Waals surface area contributed by atoms with E-state index in [9.17, 15) is 0 Å². The van der Waals surface area contributed by atoms with E-state index in [4.69, 9.17) is 9.47 Å². The minimum Gasteiger partial charge on any atom is -0.348 e. The molecule has 1 rings (SSSR count). The highest BCUT2D eigenvalue weighted by molar-refractivity contribution is 4.71. The second-order valence-corrected chi connectivity index (χ2v) is 2.87.